The molecule has 5 N–H and O–H groups in total. The summed E-state index contributed by atoms with van der Waals surface area (Å²) in [6, 6.07) is 3.57. The maximum absolute atomic E-state index is 13.2. The van der Waals surface area contributed by atoms with E-state index in [1.165, 1.54) is 0 Å². The molecule has 37 heavy (non-hydrogen) atoms. The van der Waals surface area contributed by atoms with Crippen LogP contribution in [0.2, 0.25) is 0 Å². The van der Waals surface area contributed by atoms with Crippen molar-refractivity contribution in [2.24, 2.45) is 5.92 Å². The molecule has 0 saturated carbocycles. The smallest absolute Gasteiger partial charge is 0.335 e. The molecule has 11 nitrogen and oxygen atoms in total. The number of aromatic amines is 1. The van der Waals surface area contributed by atoms with Gasteiger partial charge in [-0.05, 0) is 50.1 Å². The number of carbonyl (C=O) groups excluding carboxylic acids is 1. The first-order valence-corrected chi connectivity index (χ1v) is 12.6. The number of likely N-dealkylation sites (N-methyl/N-ethyl adjacent to an activating group) is 1. The van der Waals surface area contributed by atoms with Crippen LogP contribution in [0.5, 0.6) is 5.75 Å². The maximum Gasteiger partial charge on any atom is 0.335 e. The largest absolute Gasteiger partial charge is 0.479 e. The highest BCUT2D eigenvalue weighted by Crippen LogP contribution is 2.43. The maximum atomic E-state index is 13.2. The molecule has 2 aliphatic heterocycles. The second-order valence-electron chi connectivity index (χ2n) is 9.96. The SMILES string of the molecule is CCN(CC)C(=O)[C@@H]1C=C2c3cc(O[C@@H]4O[C@H](C(=O)O)[C@@H](O)[C@H](O)[C@H]4O)cc4[nH]cc(c34)C[C@H]2N(C)C1. The van der Waals surface area contributed by atoms with Gasteiger partial charge in [0, 0.05) is 48.8 Å². The summed E-state index contributed by atoms with van der Waals surface area (Å²) >= 11 is 0. The third-order valence-electron chi connectivity index (χ3n) is 7.77. The van der Waals surface area contributed by atoms with Gasteiger partial charge in [-0.1, -0.05) is 6.08 Å². The van der Waals surface area contributed by atoms with Gasteiger partial charge in [-0.25, -0.2) is 4.79 Å². The Morgan fingerprint density at radius 2 is 1.89 bits per heavy atom. The average Bonchev–Trinajstić information content (AvgIpc) is 3.28. The number of amides is 1. The second kappa shape index (κ2) is 9.73. The van der Waals surface area contributed by atoms with Gasteiger partial charge in [-0.3, -0.25) is 9.69 Å². The number of benzene rings is 1. The highest BCUT2D eigenvalue weighted by Gasteiger charge is 2.48. The highest BCUT2D eigenvalue weighted by atomic mass is 16.7. The Balaban J connectivity index is 1.52. The fourth-order valence-corrected chi connectivity index (χ4v) is 5.77. The van der Waals surface area contributed by atoms with E-state index < -0.39 is 36.7 Å². The van der Waals surface area contributed by atoms with Crippen molar-refractivity contribution in [3.8, 4) is 5.75 Å². The number of nitrogens with one attached hydrogen (secondary N) is 1. The Morgan fingerprint density at radius 1 is 1.16 bits per heavy atom. The van der Waals surface area contributed by atoms with E-state index in [-0.39, 0.29) is 23.6 Å². The minimum atomic E-state index is -1.80. The van der Waals surface area contributed by atoms with Gasteiger partial charge in [-0.2, -0.15) is 0 Å². The van der Waals surface area contributed by atoms with Crippen LogP contribution in [-0.4, -0.2) is 111 Å². The van der Waals surface area contributed by atoms with Crippen molar-refractivity contribution >= 4 is 28.4 Å². The number of fused-ring (bicyclic) bond motifs is 2. The predicted molar refractivity (Wildman–Crippen MR) is 133 cm³/mol. The molecule has 1 aromatic carbocycles. The molecule has 1 amide bonds. The molecule has 2 aromatic rings. The summed E-state index contributed by atoms with van der Waals surface area (Å²) in [5.74, 6) is -1.41. The Bertz CT molecular complexity index is 1240. The zero-order chi connectivity index (χ0) is 26.6. The molecule has 0 spiro atoms. The lowest BCUT2D eigenvalue weighted by Crippen LogP contribution is -2.61. The van der Waals surface area contributed by atoms with Crippen LogP contribution in [0.25, 0.3) is 16.5 Å². The molecule has 3 heterocycles. The summed E-state index contributed by atoms with van der Waals surface area (Å²) < 4.78 is 11.2. The first-order valence-electron chi connectivity index (χ1n) is 12.6. The first-order chi connectivity index (χ1) is 17.6. The van der Waals surface area contributed by atoms with Gasteiger partial charge in [0.1, 0.15) is 24.1 Å². The molecular weight excluding hydrogens is 482 g/mol. The van der Waals surface area contributed by atoms with Gasteiger partial charge >= 0.3 is 5.97 Å². The predicted octanol–water partition coefficient (Wildman–Crippen LogP) is 0.177. The Kier molecular flexibility index (Phi) is 6.75. The Hall–Kier alpha value is -2.96. The fourth-order valence-electron chi connectivity index (χ4n) is 5.77. The van der Waals surface area contributed by atoms with E-state index >= 15 is 0 Å². The van der Waals surface area contributed by atoms with Crippen LogP contribution >= 0.6 is 0 Å². The lowest BCUT2D eigenvalue weighted by atomic mass is 9.79. The molecule has 5 rings (SSSR count). The molecule has 0 unspecified atom stereocenters. The van der Waals surface area contributed by atoms with Gasteiger partial charge in [0.25, 0.3) is 0 Å². The number of aromatic nitrogens is 1. The van der Waals surface area contributed by atoms with Crippen molar-refractivity contribution in [3.63, 3.8) is 0 Å². The highest BCUT2D eigenvalue weighted by molar-refractivity contribution is 6.00. The van der Waals surface area contributed by atoms with Gasteiger partial charge in [0.2, 0.25) is 12.2 Å². The molecule has 0 radical (unpaired) electrons. The monoisotopic (exact) mass is 515 g/mol. The zero-order valence-electron chi connectivity index (χ0n) is 21.0. The van der Waals surface area contributed by atoms with Crippen molar-refractivity contribution in [2.45, 2.75) is 57.0 Å². The molecule has 3 aliphatic rings. The van der Waals surface area contributed by atoms with Crippen LogP contribution in [0.3, 0.4) is 0 Å². The van der Waals surface area contributed by atoms with E-state index in [2.05, 4.69) is 9.88 Å². The number of ether oxygens (including phenoxy) is 2. The number of carboxylic acids is 1. The van der Waals surface area contributed by atoms with E-state index in [4.69, 9.17) is 9.47 Å². The molecular formula is C26H33N3O8. The average molecular weight is 516 g/mol. The van der Waals surface area contributed by atoms with Crippen molar-refractivity contribution < 1.29 is 39.5 Å². The quantitative estimate of drug-likeness (QED) is 0.362. The number of aliphatic hydroxyl groups excluding tert-OH is 3. The summed E-state index contributed by atoms with van der Waals surface area (Å²) in [6.45, 7) is 5.82. The van der Waals surface area contributed by atoms with E-state index in [0.717, 1.165) is 34.0 Å². The third kappa shape index (κ3) is 4.30. The Morgan fingerprint density at radius 3 is 2.57 bits per heavy atom. The number of H-pyrrole nitrogens is 1. The number of hydrogen-bond acceptors (Lipinski definition) is 8. The van der Waals surface area contributed by atoms with Crippen LogP contribution in [0.15, 0.2) is 24.4 Å². The van der Waals surface area contributed by atoms with Crippen molar-refractivity contribution in [1.29, 1.82) is 0 Å². The summed E-state index contributed by atoms with van der Waals surface area (Å²) in [4.78, 5) is 32.0. The minimum absolute atomic E-state index is 0.0624. The third-order valence-corrected chi connectivity index (χ3v) is 7.77. The molecule has 1 aromatic heterocycles. The van der Waals surface area contributed by atoms with Gasteiger partial charge < -0.3 is 39.8 Å². The van der Waals surface area contributed by atoms with Crippen LogP contribution in [0.4, 0.5) is 0 Å². The standard InChI is InChI=1S/C26H33N3O8/c1-4-29(5-2)24(33)13-6-15-16-8-14(36-26-22(32)20(30)21(31)23(37-26)25(34)35)9-17-19(16)12(10-27-17)7-18(15)28(3)11-13/h6,8-10,13,18,20-23,26-27,30-32H,4-5,7,11H2,1-3H3,(H,34,35)/t13-,18-,20+,21+,22-,23+,26-/m1/s1. The number of aliphatic carboxylic acids is 1. The van der Waals surface area contributed by atoms with Gasteiger partial charge in [-0.15, -0.1) is 0 Å². The van der Waals surface area contributed by atoms with Crippen molar-refractivity contribution in [2.75, 3.05) is 26.7 Å². The number of carbonyl (C=O) groups is 2. The van der Waals surface area contributed by atoms with Crippen molar-refractivity contribution in [3.05, 3.63) is 35.5 Å². The molecule has 0 bridgehead atoms. The van der Waals surface area contributed by atoms with E-state index in [1.54, 1.807) is 12.1 Å². The number of nitrogens with zero attached hydrogens (tertiary/aromatic N) is 2. The van der Waals surface area contributed by atoms with Crippen LogP contribution in [-0.2, 0) is 20.7 Å². The molecule has 1 fully saturated rings. The number of carboxylic acid groups (broad SMARTS) is 1. The fraction of sp³-hybridized carbons (Fsp3) is 0.538. The minimum Gasteiger partial charge on any atom is -0.479 e. The number of rotatable bonds is 6. The molecule has 1 saturated heterocycles. The molecule has 200 valence electrons. The summed E-state index contributed by atoms with van der Waals surface area (Å²) in [5, 5.41) is 40.9. The van der Waals surface area contributed by atoms with Crippen molar-refractivity contribution in [1.82, 2.24) is 14.8 Å². The normalized spacial score (nSPS) is 31.5. The van der Waals surface area contributed by atoms with Crippen LogP contribution in [0.1, 0.15) is 25.0 Å². The van der Waals surface area contributed by atoms with E-state index in [0.29, 0.717) is 19.6 Å². The van der Waals surface area contributed by atoms with Gasteiger partial charge in [0.15, 0.2) is 6.10 Å². The van der Waals surface area contributed by atoms with Crippen LogP contribution < -0.4 is 4.74 Å². The second-order valence-corrected chi connectivity index (χ2v) is 9.96. The van der Waals surface area contributed by atoms with Gasteiger partial charge in [0.05, 0.1) is 5.92 Å². The number of hydrogen-bond donors (Lipinski definition) is 5. The summed E-state index contributed by atoms with van der Waals surface area (Å²) in [7, 11) is 2.01. The van der Waals surface area contributed by atoms with Crippen LogP contribution in [0, 0.1) is 5.92 Å². The van der Waals surface area contributed by atoms with E-state index in [1.807, 2.05) is 38.1 Å². The zero-order valence-corrected chi connectivity index (χ0v) is 21.0. The number of aliphatic hydroxyl groups is 3. The Labute approximate surface area is 213 Å². The topological polar surface area (TPSA) is 156 Å². The molecule has 11 heteroatoms. The summed E-state index contributed by atoms with van der Waals surface area (Å²) in [6.07, 6.45) is -3.71. The molecule has 7 atom stereocenters. The first kappa shape index (κ1) is 25.7. The lowest BCUT2D eigenvalue weighted by Gasteiger charge is -2.41. The molecule has 1 aliphatic carbocycles. The summed E-state index contributed by atoms with van der Waals surface area (Å²) in [5.41, 5.74) is 3.80. The lowest BCUT2D eigenvalue weighted by molar-refractivity contribution is -0.271. The van der Waals surface area contributed by atoms with E-state index in [9.17, 15) is 30.0 Å².